The molecular formula is C19H23ClNO2S+. The Balaban J connectivity index is 1.85. The smallest absolute Gasteiger partial charge is 0.160 e. The van der Waals surface area contributed by atoms with E-state index < -0.39 is 0 Å². The fourth-order valence-electron chi connectivity index (χ4n) is 3.47. The second-order valence-electron chi connectivity index (χ2n) is 6.49. The van der Waals surface area contributed by atoms with E-state index in [1.807, 2.05) is 18.2 Å². The number of benzene rings is 1. The summed E-state index contributed by atoms with van der Waals surface area (Å²) in [5.74, 6) is 0.209. The van der Waals surface area contributed by atoms with Crippen LogP contribution in [0.25, 0.3) is 0 Å². The second kappa shape index (κ2) is 7.87. The summed E-state index contributed by atoms with van der Waals surface area (Å²) >= 11 is 7.75. The molecule has 0 saturated carbocycles. The highest BCUT2D eigenvalue weighted by atomic mass is 35.5. The van der Waals surface area contributed by atoms with Crippen LogP contribution < -0.4 is 0 Å². The fraction of sp³-hybridized carbons (Fsp3) is 0.421. The lowest BCUT2D eigenvalue weighted by Crippen LogP contribution is -2.55. The van der Waals surface area contributed by atoms with Crippen molar-refractivity contribution >= 4 is 29.1 Å². The predicted molar refractivity (Wildman–Crippen MR) is 100 cm³/mol. The van der Waals surface area contributed by atoms with Gasteiger partial charge in [0.15, 0.2) is 5.78 Å². The van der Waals surface area contributed by atoms with E-state index in [2.05, 4.69) is 18.4 Å². The van der Waals surface area contributed by atoms with Crippen molar-refractivity contribution in [3.63, 3.8) is 0 Å². The van der Waals surface area contributed by atoms with Crippen molar-refractivity contribution in [2.75, 3.05) is 39.1 Å². The van der Waals surface area contributed by atoms with Gasteiger partial charge in [-0.3, -0.25) is 4.79 Å². The first-order valence-corrected chi connectivity index (χ1v) is 9.85. The van der Waals surface area contributed by atoms with Crippen LogP contribution in [0, 0.1) is 0 Å². The number of halogens is 1. The van der Waals surface area contributed by atoms with Crippen LogP contribution >= 0.6 is 23.4 Å². The number of morpholine rings is 1. The molecule has 0 radical (unpaired) electrons. The van der Waals surface area contributed by atoms with Crippen LogP contribution in [0.2, 0.25) is 5.02 Å². The molecule has 1 saturated heterocycles. The summed E-state index contributed by atoms with van der Waals surface area (Å²) in [5, 5.41) is 0.766. The van der Waals surface area contributed by atoms with E-state index >= 15 is 0 Å². The van der Waals surface area contributed by atoms with E-state index in [9.17, 15) is 4.79 Å². The molecule has 1 fully saturated rings. The molecule has 3 nitrogen and oxygen atoms in total. The highest BCUT2D eigenvalue weighted by Crippen LogP contribution is 2.30. The van der Waals surface area contributed by atoms with Crippen LogP contribution in [-0.4, -0.2) is 49.4 Å². The van der Waals surface area contributed by atoms with Crippen LogP contribution in [0.3, 0.4) is 0 Å². The van der Waals surface area contributed by atoms with E-state index in [1.165, 1.54) is 16.0 Å². The normalized spacial score (nSPS) is 20.5. The molecule has 0 N–H and O–H groups in total. The lowest BCUT2D eigenvalue weighted by atomic mass is 10.0. The van der Waals surface area contributed by atoms with Gasteiger partial charge in [0.1, 0.15) is 26.2 Å². The van der Waals surface area contributed by atoms with Gasteiger partial charge in [0.05, 0.1) is 13.2 Å². The van der Waals surface area contributed by atoms with Crippen molar-refractivity contribution in [3.05, 3.63) is 57.5 Å². The lowest BCUT2D eigenvalue weighted by Gasteiger charge is -2.42. The SMILES string of the molecule is CSC1=C(C[N+]2(Cc3ccc(Cl)cc3)CCOCC2)CC(=O)C=C1. The molecule has 24 heavy (non-hydrogen) atoms. The summed E-state index contributed by atoms with van der Waals surface area (Å²) in [6.45, 7) is 5.37. The van der Waals surface area contributed by atoms with Crippen molar-refractivity contribution < 1.29 is 14.0 Å². The topological polar surface area (TPSA) is 26.3 Å². The van der Waals surface area contributed by atoms with Crippen LogP contribution in [0.4, 0.5) is 0 Å². The maximum Gasteiger partial charge on any atom is 0.160 e. The molecule has 1 aliphatic heterocycles. The lowest BCUT2D eigenvalue weighted by molar-refractivity contribution is -0.943. The molecule has 1 aromatic rings. The van der Waals surface area contributed by atoms with Gasteiger partial charge in [-0.2, -0.15) is 0 Å². The van der Waals surface area contributed by atoms with E-state index in [4.69, 9.17) is 16.3 Å². The molecule has 3 rings (SSSR count). The Bertz CT molecular complexity index is 660. The predicted octanol–water partition coefficient (Wildman–Crippen LogP) is 3.83. The van der Waals surface area contributed by atoms with Crippen LogP contribution in [0.15, 0.2) is 46.9 Å². The van der Waals surface area contributed by atoms with Gasteiger partial charge >= 0.3 is 0 Å². The molecule has 0 atom stereocenters. The standard InChI is InChI=1S/C19H23ClNO2S/c1-24-19-7-6-18(22)12-16(19)14-21(8-10-23-11-9-21)13-15-2-4-17(20)5-3-15/h2-7H,8-14H2,1H3/q+1. The average molecular weight is 365 g/mol. The van der Waals surface area contributed by atoms with Crippen molar-refractivity contribution in [2.45, 2.75) is 13.0 Å². The molecule has 2 aliphatic rings. The number of ether oxygens (including phenoxy) is 1. The maximum absolute atomic E-state index is 11.9. The molecule has 0 amide bonds. The molecule has 1 aromatic carbocycles. The number of carbonyl (C=O) groups is 1. The van der Waals surface area contributed by atoms with E-state index in [0.717, 1.165) is 48.9 Å². The number of rotatable bonds is 5. The average Bonchev–Trinajstić information content (AvgIpc) is 2.58. The van der Waals surface area contributed by atoms with E-state index in [1.54, 1.807) is 17.8 Å². The number of thioether (sulfide) groups is 1. The number of hydrogen-bond acceptors (Lipinski definition) is 3. The van der Waals surface area contributed by atoms with Gasteiger partial charge in [0, 0.05) is 27.5 Å². The van der Waals surface area contributed by atoms with Gasteiger partial charge in [0.2, 0.25) is 0 Å². The Morgan fingerprint density at radius 2 is 1.83 bits per heavy atom. The molecule has 0 spiro atoms. The first-order valence-electron chi connectivity index (χ1n) is 8.24. The Morgan fingerprint density at radius 3 is 2.50 bits per heavy atom. The first kappa shape index (κ1) is 17.7. The van der Waals surface area contributed by atoms with Gasteiger partial charge in [-0.25, -0.2) is 0 Å². The summed E-state index contributed by atoms with van der Waals surface area (Å²) in [4.78, 5) is 13.1. The zero-order valence-electron chi connectivity index (χ0n) is 14.0. The molecule has 0 aromatic heterocycles. The second-order valence-corrected chi connectivity index (χ2v) is 7.78. The van der Waals surface area contributed by atoms with Gasteiger partial charge in [0.25, 0.3) is 0 Å². The summed E-state index contributed by atoms with van der Waals surface area (Å²) in [5.41, 5.74) is 2.55. The number of carbonyl (C=O) groups excluding carboxylic acids is 1. The minimum absolute atomic E-state index is 0.209. The van der Waals surface area contributed by atoms with Crippen LogP contribution in [-0.2, 0) is 16.1 Å². The highest BCUT2D eigenvalue weighted by Gasteiger charge is 2.33. The number of ketones is 1. The third-order valence-electron chi connectivity index (χ3n) is 4.75. The molecule has 0 unspecified atom stereocenters. The molecule has 1 heterocycles. The fourth-order valence-corrected chi connectivity index (χ4v) is 4.23. The number of nitrogens with zero attached hydrogens (tertiary/aromatic N) is 1. The quantitative estimate of drug-likeness (QED) is 0.743. The highest BCUT2D eigenvalue weighted by molar-refractivity contribution is 8.02. The number of allylic oxidation sites excluding steroid dienone is 2. The van der Waals surface area contributed by atoms with Crippen LogP contribution in [0.1, 0.15) is 12.0 Å². The third kappa shape index (κ3) is 4.31. The van der Waals surface area contributed by atoms with Gasteiger partial charge in [-0.1, -0.05) is 23.7 Å². The van der Waals surface area contributed by atoms with Crippen molar-refractivity contribution in [1.29, 1.82) is 0 Å². The molecule has 0 bridgehead atoms. The van der Waals surface area contributed by atoms with Gasteiger partial charge in [-0.15, -0.1) is 11.8 Å². The molecule has 1 aliphatic carbocycles. The summed E-state index contributed by atoms with van der Waals surface area (Å²) in [6, 6.07) is 8.11. The van der Waals surface area contributed by atoms with Crippen molar-refractivity contribution in [3.8, 4) is 0 Å². The Kier molecular flexibility index (Phi) is 5.82. The van der Waals surface area contributed by atoms with Gasteiger partial charge in [-0.05, 0) is 30.5 Å². The number of hydrogen-bond donors (Lipinski definition) is 0. The van der Waals surface area contributed by atoms with Crippen molar-refractivity contribution in [1.82, 2.24) is 0 Å². The van der Waals surface area contributed by atoms with E-state index in [-0.39, 0.29) is 5.78 Å². The summed E-state index contributed by atoms with van der Waals surface area (Å²) in [6.07, 6.45) is 6.32. The number of quaternary nitrogens is 1. The first-order chi connectivity index (χ1) is 11.6. The zero-order chi connectivity index (χ0) is 17.0. The Labute approximate surface area is 152 Å². The Morgan fingerprint density at radius 1 is 1.12 bits per heavy atom. The maximum atomic E-state index is 11.9. The van der Waals surface area contributed by atoms with Crippen LogP contribution in [0.5, 0.6) is 0 Å². The monoisotopic (exact) mass is 364 g/mol. The minimum atomic E-state index is 0.209. The largest absolute Gasteiger partial charge is 0.370 e. The third-order valence-corrected chi connectivity index (χ3v) is 5.87. The molecule has 128 valence electrons. The molecule has 5 heteroatoms. The van der Waals surface area contributed by atoms with E-state index in [0.29, 0.717) is 6.42 Å². The summed E-state index contributed by atoms with van der Waals surface area (Å²) in [7, 11) is 0. The summed E-state index contributed by atoms with van der Waals surface area (Å²) < 4.78 is 6.55. The minimum Gasteiger partial charge on any atom is -0.370 e. The van der Waals surface area contributed by atoms with Gasteiger partial charge < -0.3 is 9.22 Å². The Hall–Kier alpha value is -1.07. The van der Waals surface area contributed by atoms with Crippen molar-refractivity contribution in [2.24, 2.45) is 0 Å². The molecular weight excluding hydrogens is 342 g/mol. The zero-order valence-corrected chi connectivity index (χ0v) is 15.5.